The molecule has 0 saturated heterocycles. The highest BCUT2D eigenvalue weighted by Crippen LogP contribution is 2.54. The molecule has 0 amide bonds. The SMILES string of the molecule is CCCCCCCCCCCCNc1c(Nc2ccccc2)c(Cl)c(C(NCCCC)(NC2CCCC2)N(CC)CC)c(N(c2ccccc2)N(NCC)N(C)C)c1NCC(CC)CCCC. The van der Waals surface area contributed by atoms with Crippen LogP contribution in [0.4, 0.5) is 34.1 Å². The Balaban J connectivity index is 2.15. The molecule has 0 spiro atoms. The maximum absolute atomic E-state index is 8.46. The van der Waals surface area contributed by atoms with E-state index in [1.807, 2.05) is 0 Å². The Labute approximate surface area is 415 Å². The Morgan fingerprint density at radius 1 is 0.657 bits per heavy atom. The molecule has 6 N–H and O–H groups in total. The van der Waals surface area contributed by atoms with Crippen molar-refractivity contribution in [1.29, 1.82) is 0 Å². The lowest BCUT2D eigenvalue weighted by Gasteiger charge is -2.50. The second-order valence-electron chi connectivity index (χ2n) is 19.1. The third-order valence-corrected chi connectivity index (χ3v) is 14.1. The first-order chi connectivity index (χ1) is 32.7. The number of hydrogen-bond donors (Lipinski definition) is 6. The molecule has 3 aromatic carbocycles. The summed E-state index contributed by atoms with van der Waals surface area (Å²) in [5, 5.41) is 28.4. The number of benzene rings is 3. The number of halogens is 1. The molecule has 1 saturated carbocycles. The van der Waals surface area contributed by atoms with Crippen molar-refractivity contribution < 1.29 is 0 Å². The van der Waals surface area contributed by atoms with Crippen LogP contribution in [0.25, 0.3) is 0 Å². The van der Waals surface area contributed by atoms with E-state index in [1.165, 1.54) is 89.9 Å². The molecule has 3 aromatic rings. The average Bonchev–Trinajstić information content (AvgIpc) is 3.86. The maximum Gasteiger partial charge on any atom is 0.157 e. The molecule has 1 fully saturated rings. The quantitative estimate of drug-likeness (QED) is 0.0191. The zero-order valence-electron chi connectivity index (χ0n) is 44.0. The van der Waals surface area contributed by atoms with Crippen molar-refractivity contribution in [1.82, 2.24) is 31.2 Å². The molecule has 67 heavy (non-hydrogen) atoms. The third kappa shape index (κ3) is 16.8. The van der Waals surface area contributed by atoms with Crippen molar-refractivity contribution >= 4 is 45.7 Å². The molecule has 0 radical (unpaired) electrons. The van der Waals surface area contributed by atoms with Gasteiger partial charge in [-0.05, 0) is 81.9 Å². The van der Waals surface area contributed by atoms with Crippen molar-refractivity contribution in [2.45, 2.75) is 189 Å². The van der Waals surface area contributed by atoms with Crippen molar-refractivity contribution in [2.24, 2.45) is 5.92 Å². The number of anilines is 6. The average molecular weight is 946 g/mol. The summed E-state index contributed by atoms with van der Waals surface area (Å²) in [6.45, 7) is 20.9. The van der Waals surface area contributed by atoms with E-state index in [9.17, 15) is 0 Å². The summed E-state index contributed by atoms with van der Waals surface area (Å²) in [6.07, 6.45) is 24.5. The van der Waals surface area contributed by atoms with Crippen molar-refractivity contribution in [3.63, 3.8) is 0 Å². The molecule has 11 heteroatoms. The monoisotopic (exact) mass is 945 g/mol. The first-order valence-corrected chi connectivity index (χ1v) is 27.7. The molecule has 2 unspecified atom stereocenters. The van der Waals surface area contributed by atoms with Crippen LogP contribution in [0.2, 0.25) is 5.02 Å². The summed E-state index contributed by atoms with van der Waals surface area (Å²) in [4.78, 5) is 2.59. The van der Waals surface area contributed by atoms with Gasteiger partial charge < -0.3 is 16.0 Å². The molecule has 2 atom stereocenters. The zero-order valence-corrected chi connectivity index (χ0v) is 44.7. The van der Waals surface area contributed by atoms with Gasteiger partial charge in [0.1, 0.15) is 0 Å². The topological polar surface area (TPSA) is 85.1 Å². The fraction of sp³-hybridized carbons (Fsp3) is 0.679. The number of nitrogens with one attached hydrogen (secondary N) is 6. The predicted octanol–water partition coefficient (Wildman–Crippen LogP) is 14.8. The minimum Gasteiger partial charge on any atom is -0.382 e. The van der Waals surface area contributed by atoms with Gasteiger partial charge in [-0.2, -0.15) is 0 Å². The molecule has 1 aliphatic carbocycles. The van der Waals surface area contributed by atoms with Gasteiger partial charge in [0.25, 0.3) is 0 Å². The van der Waals surface area contributed by atoms with Gasteiger partial charge in [-0.15, -0.1) is 0 Å². The van der Waals surface area contributed by atoms with Crippen LogP contribution < -0.4 is 37.0 Å². The number of rotatable bonds is 37. The molecular weight excluding hydrogens is 848 g/mol. The molecule has 0 aromatic heterocycles. The predicted molar refractivity (Wildman–Crippen MR) is 294 cm³/mol. The minimum atomic E-state index is -0.845. The fourth-order valence-electron chi connectivity index (χ4n) is 9.91. The molecular formula is C56H97ClN10. The first-order valence-electron chi connectivity index (χ1n) is 27.3. The maximum atomic E-state index is 8.46. The Hall–Kier alpha value is -3.09. The van der Waals surface area contributed by atoms with Crippen molar-refractivity contribution in [2.75, 3.05) is 74.3 Å². The Kier molecular flexibility index (Phi) is 26.9. The molecule has 378 valence electrons. The lowest BCUT2D eigenvalue weighted by molar-refractivity contribution is -0.0287. The van der Waals surface area contributed by atoms with Gasteiger partial charge in [0.2, 0.25) is 0 Å². The van der Waals surface area contributed by atoms with Gasteiger partial charge in [-0.1, -0.05) is 198 Å². The van der Waals surface area contributed by atoms with E-state index in [4.69, 9.17) is 11.6 Å². The van der Waals surface area contributed by atoms with E-state index < -0.39 is 5.79 Å². The Morgan fingerprint density at radius 2 is 1.25 bits per heavy atom. The van der Waals surface area contributed by atoms with Gasteiger partial charge in [0.05, 0.1) is 39.0 Å². The number of para-hydroxylation sites is 2. The van der Waals surface area contributed by atoms with Crippen LogP contribution in [-0.4, -0.2) is 74.5 Å². The largest absolute Gasteiger partial charge is 0.382 e. The first kappa shape index (κ1) is 56.5. The molecule has 4 rings (SSSR count). The van der Waals surface area contributed by atoms with E-state index in [-0.39, 0.29) is 0 Å². The van der Waals surface area contributed by atoms with Crippen LogP contribution >= 0.6 is 11.6 Å². The van der Waals surface area contributed by atoms with Gasteiger partial charge in [0, 0.05) is 45.5 Å². The number of unbranched alkanes of at least 4 members (excludes halogenated alkanes) is 11. The summed E-state index contributed by atoms with van der Waals surface area (Å²) >= 11 is 8.46. The second-order valence-corrected chi connectivity index (χ2v) is 19.5. The summed E-state index contributed by atoms with van der Waals surface area (Å²) in [5.74, 6) is -0.342. The van der Waals surface area contributed by atoms with E-state index >= 15 is 0 Å². The van der Waals surface area contributed by atoms with E-state index in [2.05, 4.69) is 175 Å². The fourth-order valence-corrected chi connectivity index (χ4v) is 10.3. The summed E-state index contributed by atoms with van der Waals surface area (Å²) in [5.41, 5.74) is 10.8. The summed E-state index contributed by atoms with van der Waals surface area (Å²) < 4.78 is 0. The number of hydrazine groups is 3. The van der Waals surface area contributed by atoms with Crippen LogP contribution in [0, 0.1) is 5.92 Å². The van der Waals surface area contributed by atoms with Gasteiger partial charge in [-0.3, -0.25) is 15.5 Å². The number of hydrogen-bond acceptors (Lipinski definition) is 10. The lowest BCUT2D eigenvalue weighted by Crippen LogP contribution is -2.68. The molecule has 0 bridgehead atoms. The Bertz CT molecular complexity index is 1730. The van der Waals surface area contributed by atoms with Crippen molar-refractivity contribution in [3.8, 4) is 0 Å². The molecule has 0 heterocycles. The highest BCUT2D eigenvalue weighted by Gasteiger charge is 2.47. The van der Waals surface area contributed by atoms with Crippen LogP contribution in [0.1, 0.15) is 182 Å². The third-order valence-electron chi connectivity index (χ3n) is 13.8. The molecule has 10 nitrogen and oxygen atoms in total. The van der Waals surface area contributed by atoms with Crippen LogP contribution in [-0.2, 0) is 5.79 Å². The van der Waals surface area contributed by atoms with Gasteiger partial charge >= 0.3 is 0 Å². The van der Waals surface area contributed by atoms with E-state index in [0.29, 0.717) is 17.0 Å². The van der Waals surface area contributed by atoms with Gasteiger partial charge in [0.15, 0.2) is 5.79 Å². The second kappa shape index (κ2) is 31.9. The highest BCUT2D eigenvalue weighted by atomic mass is 35.5. The number of nitrogens with zero attached hydrogens (tertiary/aromatic N) is 4. The van der Waals surface area contributed by atoms with Crippen LogP contribution in [0.15, 0.2) is 60.7 Å². The molecule has 1 aliphatic rings. The van der Waals surface area contributed by atoms with Crippen LogP contribution in [0.3, 0.4) is 0 Å². The normalized spacial score (nSPS) is 14.6. The minimum absolute atomic E-state index is 0.317. The summed E-state index contributed by atoms with van der Waals surface area (Å²) in [6, 6.07) is 21.8. The zero-order chi connectivity index (χ0) is 48.3. The smallest absolute Gasteiger partial charge is 0.157 e. The van der Waals surface area contributed by atoms with E-state index in [0.717, 1.165) is 117 Å². The van der Waals surface area contributed by atoms with Crippen molar-refractivity contribution in [3.05, 3.63) is 71.2 Å². The van der Waals surface area contributed by atoms with Crippen LogP contribution in [0.5, 0.6) is 0 Å². The lowest BCUT2D eigenvalue weighted by atomic mass is 9.94. The molecule has 0 aliphatic heterocycles. The van der Waals surface area contributed by atoms with E-state index in [1.54, 1.807) is 0 Å². The van der Waals surface area contributed by atoms with Gasteiger partial charge in [-0.25, -0.2) is 15.4 Å². The standard InChI is InChI=1S/C56H97ClN10/c1-10-17-20-21-22-23-24-25-26-35-43-58-53-52(62-47-37-29-27-30-38-47)51(57)50(56(60-44-19-12-3,65(15-6)16-7)63-48-39-33-34-40-48)55(54(53)59-45-46(13-4)36-18-11-2)66(49-41-31-28-32-42-49)67(61-14-5)64(8)9/h27-32,37-38,41-42,46,48,58-63H,10-26,33-36,39-40,43-45H2,1-9H3. The summed E-state index contributed by atoms with van der Waals surface area (Å²) in [7, 11) is 4.24. The highest BCUT2D eigenvalue weighted by molar-refractivity contribution is 6.36. The Morgan fingerprint density at radius 3 is 1.82 bits per heavy atom.